The van der Waals surface area contributed by atoms with Crippen LogP contribution in [0.4, 0.5) is 10.8 Å². The molecule has 132 valence electrons. The average molecular weight is 378 g/mol. The second-order valence-electron chi connectivity index (χ2n) is 6.54. The molecule has 7 nitrogen and oxygen atoms in total. The number of amides is 1. The Bertz CT molecular complexity index is 919. The van der Waals surface area contributed by atoms with Crippen LogP contribution in [0.1, 0.15) is 26.7 Å². The number of hydrogen-bond acceptors (Lipinski definition) is 6. The lowest BCUT2D eigenvalue weighted by molar-refractivity contribution is -0.117. The van der Waals surface area contributed by atoms with Crippen LogP contribution in [-0.4, -0.2) is 25.1 Å². The number of amidine groups is 1. The predicted octanol–water partition coefficient (Wildman–Crippen LogP) is 3.10. The lowest BCUT2D eigenvalue weighted by Gasteiger charge is -2.27. The number of aromatic nitrogens is 1. The predicted molar refractivity (Wildman–Crippen MR) is 98.4 cm³/mol. The third kappa shape index (κ3) is 4.23. The number of para-hydroxylation sites is 1. The second-order valence-corrected chi connectivity index (χ2v) is 9.00. The Morgan fingerprint density at radius 2 is 2.08 bits per heavy atom. The van der Waals surface area contributed by atoms with Crippen LogP contribution in [-0.2, 0) is 14.8 Å². The summed E-state index contributed by atoms with van der Waals surface area (Å²) in [7, 11) is -3.72. The first kappa shape index (κ1) is 17.6. The van der Waals surface area contributed by atoms with Crippen LogP contribution in [0.3, 0.4) is 0 Å². The molecule has 0 fully saturated rings. The minimum absolute atomic E-state index is 0.165. The molecule has 3 rings (SSSR count). The fraction of sp³-hybridized carbons (Fsp3) is 0.312. The van der Waals surface area contributed by atoms with Crippen LogP contribution in [0.2, 0.25) is 0 Å². The molecule has 1 aromatic carbocycles. The normalized spacial score (nSPS) is 15.7. The average Bonchev–Trinajstić information content (AvgIpc) is 2.98. The van der Waals surface area contributed by atoms with E-state index in [1.807, 2.05) is 13.8 Å². The summed E-state index contributed by atoms with van der Waals surface area (Å²) in [6.07, 6.45) is 2.16. The highest BCUT2D eigenvalue weighted by atomic mass is 32.2. The highest BCUT2D eigenvalue weighted by Crippen LogP contribution is 2.32. The van der Waals surface area contributed by atoms with E-state index < -0.39 is 15.4 Å². The van der Waals surface area contributed by atoms with Crippen LogP contribution >= 0.6 is 11.3 Å². The number of benzene rings is 1. The van der Waals surface area contributed by atoms with Gasteiger partial charge in [-0.2, -0.15) is 8.42 Å². The molecule has 0 bridgehead atoms. The summed E-state index contributed by atoms with van der Waals surface area (Å²) in [5, 5.41) is 8.12. The van der Waals surface area contributed by atoms with Crippen molar-refractivity contribution >= 4 is 43.9 Å². The van der Waals surface area contributed by atoms with Gasteiger partial charge in [-0.3, -0.25) is 4.79 Å². The minimum Gasteiger partial charge on any atom is -0.342 e. The van der Waals surface area contributed by atoms with Gasteiger partial charge in [0.1, 0.15) is 10.7 Å². The smallest absolute Gasteiger partial charge is 0.286 e. The molecule has 2 aromatic rings. The van der Waals surface area contributed by atoms with E-state index in [2.05, 4.69) is 20.0 Å². The van der Waals surface area contributed by atoms with Crippen molar-refractivity contribution in [1.82, 2.24) is 4.98 Å². The number of carbonyl (C=O) groups excluding carboxylic acids is 1. The van der Waals surface area contributed by atoms with Gasteiger partial charge in [0, 0.05) is 24.4 Å². The van der Waals surface area contributed by atoms with Gasteiger partial charge in [-0.15, -0.1) is 15.7 Å². The summed E-state index contributed by atoms with van der Waals surface area (Å²) in [6, 6.07) is 6.64. The number of sulfonamides is 1. The molecule has 1 aliphatic rings. The number of nitrogens with zero attached hydrogens (tertiary/aromatic N) is 2. The van der Waals surface area contributed by atoms with Gasteiger partial charge in [0.15, 0.2) is 5.13 Å². The van der Waals surface area contributed by atoms with E-state index in [9.17, 15) is 13.2 Å². The Balaban J connectivity index is 1.71. The van der Waals surface area contributed by atoms with Gasteiger partial charge in [-0.25, -0.2) is 4.98 Å². The molecule has 0 aliphatic carbocycles. The standard InChI is InChI=1S/C16H18N4O3S2/c1-16(2,10-14(21)19-15-17-7-8-24-15)9-13-18-11-5-3-4-6-12(11)25(22,23)20-13/h3-8H,9-10H2,1-2H3,(H,18,20)(H,17,19,21). The molecule has 0 saturated heterocycles. The van der Waals surface area contributed by atoms with E-state index in [0.29, 0.717) is 23.1 Å². The van der Waals surface area contributed by atoms with Gasteiger partial charge >= 0.3 is 0 Å². The largest absolute Gasteiger partial charge is 0.342 e. The molecule has 2 N–H and O–H groups in total. The van der Waals surface area contributed by atoms with Crippen molar-refractivity contribution in [2.45, 2.75) is 31.6 Å². The van der Waals surface area contributed by atoms with Crippen molar-refractivity contribution < 1.29 is 13.2 Å². The summed E-state index contributed by atoms with van der Waals surface area (Å²) in [4.78, 5) is 16.4. The van der Waals surface area contributed by atoms with E-state index in [1.54, 1.807) is 29.8 Å². The molecule has 0 spiro atoms. The van der Waals surface area contributed by atoms with Crippen molar-refractivity contribution in [3.8, 4) is 0 Å². The van der Waals surface area contributed by atoms with E-state index in [0.717, 1.165) is 0 Å². The Morgan fingerprint density at radius 3 is 2.80 bits per heavy atom. The molecule has 0 atom stereocenters. The number of fused-ring (bicyclic) bond motifs is 1. The first-order chi connectivity index (χ1) is 11.8. The van der Waals surface area contributed by atoms with Gasteiger partial charge < -0.3 is 10.6 Å². The third-order valence-electron chi connectivity index (χ3n) is 3.64. The summed E-state index contributed by atoms with van der Waals surface area (Å²) in [6.45, 7) is 3.79. The maximum Gasteiger partial charge on any atom is 0.286 e. The molecular formula is C16H18N4O3S2. The molecule has 1 amide bonds. The molecule has 0 radical (unpaired) electrons. The summed E-state index contributed by atoms with van der Waals surface area (Å²) in [5.74, 6) is 0.172. The lowest BCUT2D eigenvalue weighted by atomic mass is 9.84. The number of hydrogen-bond donors (Lipinski definition) is 2. The quantitative estimate of drug-likeness (QED) is 0.833. The fourth-order valence-electron chi connectivity index (χ4n) is 2.64. The minimum atomic E-state index is -3.72. The first-order valence-electron chi connectivity index (χ1n) is 7.64. The zero-order valence-electron chi connectivity index (χ0n) is 13.8. The Hall–Kier alpha value is -2.26. The van der Waals surface area contributed by atoms with Crippen LogP contribution in [0.15, 0.2) is 45.1 Å². The Labute approximate surface area is 150 Å². The van der Waals surface area contributed by atoms with Crippen LogP contribution in [0, 0.1) is 5.41 Å². The van der Waals surface area contributed by atoms with Crippen molar-refractivity contribution in [1.29, 1.82) is 0 Å². The van der Waals surface area contributed by atoms with Crippen LogP contribution in [0.25, 0.3) is 0 Å². The van der Waals surface area contributed by atoms with Crippen molar-refractivity contribution in [2.75, 3.05) is 10.6 Å². The lowest BCUT2D eigenvalue weighted by Crippen LogP contribution is -2.30. The highest BCUT2D eigenvalue weighted by Gasteiger charge is 2.30. The highest BCUT2D eigenvalue weighted by molar-refractivity contribution is 7.90. The fourth-order valence-corrected chi connectivity index (χ4v) is 4.33. The number of thiazole rings is 1. The molecule has 1 aromatic heterocycles. The van der Waals surface area contributed by atoms with Gasteiger partial charge in [0.05, 0.1) is 5.69 Å². The molecule has 2 heterocycles. The zero-order valence-corrected chi connectivity index (χ0v) is 15.4. The van der Waals surface area contributed by atoms with Crippen LogP contribution < -0.4 is 10.6 Å². The first-order valence-corrected chi connectivity index (χ1v) is 9.96. The van der Waals surface area contributed by atoms with Gasteiger partial charge in [0.2, 0.25) is 5.91 Å². The monoisotopic (exact) mass is 378 g/mol. The molecule has 0 unspecified atom stereocenters. The summed E-state index contributed by atoms with van der Waals surface area (Å²) >= 11 is 1.35. The van der Waals surface area contributed by atoms with Gasteiger partial charge in [-0.05, 0) is 17.5 Å². The maximum absolute atomic E-state index is 12.3. The van der Waals surface area contributed by atoms with Gasteiger partial charge in [0.25, 0.3) is 10.0 Å². The number of rotatable bonds is 5. The van der Waals surface area contributed by atoms with Crippen LogP contribution in [0.5, 0.6) is 0 Å². The summed E-state index contributed by atoms with van der Waals surface area (Å²) in [5.41, 5.74) is 0.0326. The Morgan fingerprint density at radius 1 is 1.32 bits per heavy atom. The number of nitrogens with one attached hydrogen (secondary N) is 2. The van der Waals surface area contributed by atoms with E-state index in [4.69, 9.17) is 0 Å². The third-order valence-corrected chi connectivity index (χ3v) is 5.70. The second kappa shape index (κ2) is 6.57. The maximum atomic E-state index is 12.3. The SMILES string of the molecule is CC(C)(CC(=O)Nc1nccs1)CC1=NS(=O)(=O)c2ccccc2N1. The number of anilines is 2. The van der Waals surface area contributed by atoms with Crippen molar-refractivity contribution in [2.24, 2.45) is 9.81 Å². The van der Waals surface area contributed by atoms with E-state index in [1.165, 1.54) is 17.4 Å². The van der Waals surface area contributed by atoms with Crippen molar-refractivity contribution in [3.05, 3.63) is 35.8 Å². The van der Waals surface area contributed by atoms with E-state index >= 15 is 0 Å². The van der Waals surface area contributed by atoms with E-state index in [-0.39, 0.29) is 17.2 Å². The topological polar surface area (TPSA) is 101 Å². The van der Waals surface area contributed by atoms with Gasteiger partial charge in [-0.1, -0.05) is 26.0 Å². The Kier molecular flexibility index (Phi) is 4.61. The molecule has 1 aliphatic heterocycles. The zero-order chi connectivity index (χ0) is 18.1. The number of carbonyl (C=O) groups is 1. The molecule has 0 saturated carbocycles. The summed E-state index contributed by atoms with van der Waals surface area (Å²) < 4.78 is 28.4. The molecule has 9 heteroatoms. The van der Waals surface area contributed by atoms with Crippen molar-refractivity contribution in [3.63, 3.8) is 0 Å². The molecule has 25 heavy (non-hydrogen) atoms. The molecular weight excluding hydrogens is 360 g/mol.